The number of hydrogen-bond acceptors (Lipinski definition) is 3. The molecular weight excluding hydrogens is 438 g/mol. The SMILES string of the molecule is COCCOc1ccc(-c2ccc(I)c(=O)n2CC(F)F)c(F)c1. The van der Waals surface area contributed by atoms with Crippen molar-refractivity contribution >= 4 is 22.6 Å². The Morgan fingerprint density at radius 3 is 2.58 bits per heavy atom. The normalized spacial score (nSPS) is 11.1. The number of pyridine rings is 1. The Balaban J connectivity index is 2.41. The molecule has 130 valence electrons. The first-order chi connectivity index (χ1) is 11.4. The highest BCUT2D eigenvalue weighted by atomic mass is 127. The highest BCUT2D eigenvalue weighted by Gasteiger charge is 2.16. The largest absolute Gasteiger partial charge is 0.491 e. The second-order valence-electron chi connectivity index (χ2n) is 4.86. The summed E-state index contributed by atoms with van der Waals surface area (Å²) >= 11 is 1.76. The average Bonchev–Trinajstić information content (AvgIpc) is 2.53. The van der Waals surface area contributed by atoms with Gasteiger partial charge in [0.15, 0.2) is 0 Å². The number of halogens is 4. The molecule has 0 saturated carbocycles. The number of methoxy groups -OCH3 is 1. The lowest BCUT2D eigenvalue weighted by molar-refractivity contribution is 0.125. The van der Waals surface area contributed by atoms with Crippen molar-refractivity contribution in [3.63, 3.8) is 0 Å². The van der Waals surface area contributed by atoms with Gasteiger partial charge in [-0.2, -0.15) is 0 Å². The number of nitrogens with zero attached hydrogens (tertiary/aromatic N) is 1. The van der Waals surface area contributed by atoms with Crippen LogP contribution in [0.4, 0.5) is 13.2 Å². The van der Waals surface area contributed by atoms with Gasteiger partial charge in [-0.1, -0.05) is 0 Å². The fraction of sp³-hybridized carbons (Fsp3) is 0.312. The van der Waals surface area contributed by atoms with Gasteiger partial charge >= 0.3 is 0 Å². The molecule has 0 amide bonds. The van der Waals surface area contributed by atoms with Gasteiger partial charge in [0.2, 0.25) is 0 Å². The Morgan fingerprint density at radius 2 is 1.96 bits per heavy atom. The molecule has 0 unspecified atom stereocenters. The van der Waals surface area contributed by atoms with Crippen LogP contribution >= 0.6 is 22.6 Å². The van der Waals surface area contributed by atoms with Crippen LogP contribution in [0.25, 0.3) is 11.3 Å². The molecule has 1 heterocycles. The fourth-order valence-corrected chi connectivity index (χ4v) is 2.61. The van der Waals surface area contributed by atoms with Crippen molar-refractivity contribution in [2.24, 2.45) is 0 Å². The van der Waals surface area contributed by atoms with Gasteiger partial charge in [-0.05, 0) is 46.9 Å². The predicted octanol–water partition coefficient (Wildman–Crippen LogP) is 3.55. The van der Waals surface area contributed by atoms with Crippen LogP contribution in [0.3, 0.4) is 0 Å². The Bertz CT molecular complexity index is 765. The van der Waals surface area contributed by atoms with Crippen LogP contribution in [0, 0.1) is 9.39 Å². The monoisotopic (exact) mass is 453 g/mol. The van der Waals surface area contributed by atoms with Crippen molar-refractivity contribution in [2.45, 2.75) is 13.0 Å². The van der Waals surface area contributed by atoms with E-state index in [1.165, 1.54) is 31.4 Å². The van der Waals surface area contributed by atoms with Crippen LogP contribution in [0.1, 0.15) is 0 Å². The maximum absolute atomic E-state index is 14.4. The number of alkyl halides is 2. The number of hydrogen-bond donors (Lipinski definition) is 0. The number of rotatable bonds is 7. The van der Waals surface area contributed by atoms with Crippen molar-refractivity contribution in [3.8, 4) is 17.0 Å². The molecule has 0 bridgehead atoms. The zero-order valence-corrected chi connectivity index (χ0v) is 14.9. The molecule has 24 heavy (non-hydrogen) atoms. The Morgan fingerprint density at radius 1 is 1.21 bits per heavy atom. The van der Waals surface area contributed by atoms with E-state index in [9.17, 15) is 18.0 Å². The summed E-state index contributed by atoms with van der Waals surface area (Å²) in [6.07, 6.45) is -2.72. The lowest BCUT2D eigenvalue weighted by Gasteiger charge is -2.14. The summed E-state index contributed by atoms with van der Waals surface area (Å²) in [4.78, 5) is 12.1. The number of aromatic nitrogens is 1. The zero-order chi connectivity index (χ0) is 17.7. The molecule has 0 saturated heterocycles. The minimum atomic E-state index is -2.72. The molecule has 0 radical (unpaired) electrons. The molecular formula is C16H15F3INO3. The first-order valence-corrected chi connectivity index (χ1v) is 8.11. The van der Waals surface area contributed by atoms with Crippen LogP contribution < -0.4 is 10.3 Å². The molecule has 2 aromatic rings. The van der Waals surface area contributed by atoms with Gasteiger partial charge in [0, 0.05) is 18.7 Å². The molecule has 0 N–H and O–H groups in total. The molecule has 0 spiro atoms. The summed E-state index contributed by atoms with van der Waals surface area (Å²) < 4.78 is 51.2. The molecule has 1 aromatic heterocycles. The van der Waals surface area contributed by atoms with E-state index in [0.29, 0.717) is 12.4 Å². The third-order valence-corrected chi connectivity index (χ3v) is 4.04. The van der Waals surface area contributed by atoms with E-state index >= 15 is 0 Å². The van der Waals surface area contributed by atoms with E-state index in [-0.39, 0.29) is 21.4 Å². The standard InChI is InChI=1S/C16H15F3INO3/c1-23-6-7-24-10-2-3-11(12(17)8-10)14-5-4-13(20)16(22)21(14)9-15(18)19/h2-5,8,15H,6-7,9H2,1H3. The minimum Gasteiger partial charge on any atom is -0.491 e. The van der Waals surface area contributed by atoms with E-state index < -0.39 is 24.3 Å². The van der Waals surface area contributed by atoms with Crippen molar-refractivity contribution in [1.82, 2.24) is 4.57 Å². The quantitative estimate of drug-likeness (QED) is 0.476. The highest BCUT2D eigenvalue weighted by Crippen LogP contribution is 2.26. The Labute approximate surface area is 150 Å². The fourth-order valence-electron chi connectivity index (χ4n) is 2.14. The summed E-state index contributed by atoms with van der Waals surface area (Å²) in [6, 6.07) is 7.00. The van der Waals surface area contributed by atoms with Gasteiger partial charge in [-0.25, -0.2) is 13.2 Å². The van der Waals surface area contributed by atoms with Crippen LogP contribution in [0.5, 0.6) is 5.75 Å². The Kier molecular flexibility index (Phi) is 6.67. The van der Waals surface area contributed by atoms with Gasteiger partial charge in [0.25, 0.3) is 12.0 Å². The van der Waals surface area contributed by atoms with Gasteiger partial charge in [0.1, 0.15) is 18.2 Å². The van der Waals surface area contributed by atoms with Crippen LogP contribution in [-0.2, 0) is 11.3 Å². The molecule has 0 aliphatic rings. The maximum atomic E-state index is 14.4. The molecule has 1 aromatic carbocycles. The van der Waals surface area contributed by atoms with Gasteiger partial charge < -0.3 is 14.0 Å². The maximum Gasteiger partial charge on any atom is 0.264 e. The van der Waals surface area contributed by atoms with E-state index in [0.717, 1.165) is 10.6 Å². The van der Waals surface area contributed by atoms with Crippen molar-refractivity contribution < 1.29 is 22.6 Å². The van der Waals surface area contributed by atoms with E-state index in [2.05, 4.69) is 0 Å². The van der Waals surface area contributed by atoms with Gasteiger partial charge in [-0.3, -0.25) is 4.79 Å². The van der Waals surface area contributed by atoms with Crippen molar-refractivity contribution in [1.29, 1.82) is 0 Å². The third kappa shape index (κ3) is 4.50. The lowest BCUT2D eigenvalue weighted by atomic mass is 10.1. The zero-order valence-electron chi connectivity index (χ0n) is 12.8. The second kappa shape index (κ2) is 8.52. The predicted molar refractivity (Wildman–Crippen MR) is 92.2 cm³/mol. The molecule has 0 aliphatic carbocycles. The second-order valence-corrected chi connectivity index (χ2v) is 6.02. The summed E-state index contributed by atoms with van der Waals surface area (Å²) in [5, 5.41) is 0. The number of ether oxygens (including phenoxy) is 2. The molecule has 0 aliphatic heterocycles. The number of benzene rings is 1. The van der Waals surface area contributed by atoms with Crippen LogP contribution in [0.2, 0.25) is 0 Å². The topological polar surface area (TPSA) is 40.5 Å². The van der Waals surface area contributed by atoms with Crippen molar-refractivity contribution in [3.05, 3.63) is 50.1 Å². The molecule has 0 fully saturated rings. The third-order valence-electron chi connectivity index (χ3n) is 3.22. The molecule has 0 atom stereocenters. The summed E-state index contributed by atoms with van der Waals surface area (Å²) in [5.41, 5.74) is -0.418. The smallest absolute Gasteiger partial charge is 0.264 e. The lowest BCUT2D eigenvalue weighted by Crippen LogP contribution is -2.26. The summed E-state index contributed by atoms with van der Waals surface area (Å²) in [5.74, 6) is -0.366. The van der Waals surface area contributed by atoms with E-state index in [1.54, 1.807) is 22.6 Å². The molecule has 4 nitrogen and oxygen atoms in total. The van der Waals surface area contributed by atoms with Crippen molar-refractivity contribution in [2.75, 3.05) is 20.3 Å². The molecule has 8 heteroatoms. The average molecular weight is 453 g/mol. The van der Waals surface area contributed by atoms with Gasteiger partial charge in [0.05, 0.1) is 22.4 Å². The minimum absolute atomic E-state index is 0.0586. The first-order valence-electron chi connectivity index (χ1n) is 7.03. The van der Waals surface area contributed by atoms with E-state index in [1.807, 2.05) is 0 Å². The van der Waals surface area contributed by atoms with Crippen LogP contribution in [0.15, 0.2) is 35.1 Å². The Hall–Kier alpha value is -1.55. The van der Waals surface area contributed by atoms with E-state index in [4.69, 9.17) is 9.47 Å². The first kappa shape index (κ1) is 18.8. The summed E-state index contributed by atoms with van der Waals surface area (Å²) in [6.45, 7) is -0.181. The van der Waals surface area contributed by atoms with Crippen LogP contribution in [-0.4, -0.2) is 31.3 Å². The van der Waals surface area contributed by atoms with Gasteiger partial charge in [-0.15, -0.1) is 0 Å². The highest BCUT2D eigenvalue weighted by molar-refractivity contribution is 14.1. The summed E-state index contributed by atoms with van der Waals surface area (Å²) in [7, 11) is 1.52. The molecule has 2 rings (SSSR count).